The van der Waals surface area contributed by atoms with Crippen LogP contribution >= 0.6 is 0 Å². The maximum Gasteiger partial charge on any atom is 0.162 e. The Bertz CT molecular complexity index is 929. The van der Waals surface area contributed by atoms with Crippen molar-refractivity contribution >= 4 is 16.7 Å². The molecule has 0 aliphatic heterocycles. The van der Waals surface area contributed by atoms with Crippen LogP contribution in [0.25, 0.3) is 22.3 Å². The average Bonchev–Trinajstić information content (AvgIpc) is 2.70. The van der Waals surface area contributed by atoms with Crippen LogP contribution < -0.4 is 11.1 Å². The maximum absolute atomic E-state index is 6.48. The van der Waals surface area contributed by atoms with Gasteiger partial charge >= 0.3 is 0 Å². The summed E-state index contributed by atoms with van der Waals surface area (Å²) >= 11 is 0. The van der Waals surface area contributed by atoms with Gasteiger partial charge < -0.3 is 11.1 Å². The molecule has 6 rings (SSSR count). The van der Waals surface area contributed by atoms with Crippen LogP contribution in [0.2, 0.25) is 0 Å². The lowest BCUT2D eigenvalue weighted by Crippen LogP contribution is -2.57. The second-order valence-corrected chi connectivity index (χ2v) is 7.92. The molecule has 0 unspecified atom stereocenters. The summed E-state index contributed by atoms with van der Waals surface area (Å²) < 4.78 is 0. The Balaban J connectivity index is 1.58. The molecule has 3 aliphatic rings. The lowest BCUT2D eigenvalue weighted by molar-refractivity contribution is 0.126. The molecule has 26 heavy (non-hydrogen) atoms. The van der Waals surface area contributed by atoms with E-state index in [9.17, 15) is 0 Å². The Morgan fingerprint density at radius 2 is 1.54 bits per heavy atom. The van der Waals surface area contributed by atoms with E-state index in [2.05, 4.69) is 22.4 Å². The maximum atomic E-state index is 6.48. The zero-order valence-corrected chi connectivity index (χ0v) is 14.8. The first-order valence-electron chi connectivity index (χ1n) is 9.39. The van der Waals surface area contributed by atoms with Gasteiger partial charge in [-0.05, 0) is 62.8 Å². The van der Waals surface area contributed by atoms with E-state index >= 15 is 0 Å². The van der Waals surface area contributed by atoms with Crippen molar-refractivity contribution in [3.05, 3.63) is 48.8 Å². The molecule has 0 saturated heterocycles. The van der Waals surface area contributed by atoms with Gasteiger partial charge in [0.15, 0.2) is 5.82 Å². The molecule has 5 nitrogen and oxygen atoms in total. The predicted molar refractivity (Wildman–Crippen MR) is 104 cm³/mol. The van der Waals surface area contributed by atoms with Crippen LogP contribution in [0.5, 0.6) is 0 Å². The van der Waals surface area contributed by atoms with Gasteiger partial charge in [-0.2, -0.15) is 0 Å². The number of para-hydroxylation sites is 1. The van der Waals surface area contributed by atoms with Crippen molar-refractivity contribution in [3.63, 3.8) is 0 Å². The summed E-state index contributed by atoms with van der Waals surface area (Å²) in [6, 6.07) is 12.1. The molecule has 2 bridgehead atoms. The summed E-state index contributed by atoms with van der Waals surface area (Å²) in [5.74, 6) is 1.68. The van der Waals surface area contributed by atoms with Crippen molar-refractivity contribution in [1.82, 2.24) is 15.0 Å². The van der Waals surface area contributed by atoms with Gasteiger partial charge in [0.2, 0.25) is 0 Å². The first kappa shape index (κ1) is 15.7. The highest BCUT2D eigenvalue weighted by atomic mass is 15.1. The molecule has 132 valence electrons. The Morgan fingerprint density at radius 1 is 0.846 bits per heavy atom. The number of hydrogen-bond acceptors (Lipinski definition) is 5. The van der Waals surface area contributed by atoms with Gasteiger partial charge in [-0.25, -0.2) is 9.97 Å². The van der Waals surface area contributed by atoms with Gasteiger partial charge in [0.05, 0.1) is 5.52 Å². The van der Waals surface area contributed by atoms with E-state index in [1.807, 2.05) is 24.3 Å². The number of pyridine rings is 1. The van der Waals surface area contributed by atoms with E-state index in [1.165, 1.54) is 0 Å². The highest BCUT2D eigenvalue weighted by Crippen LogP contribution is 2.47. The molecule has 5 heteroatoms. The molecule has 2 aromatic heterocycles. The standard InChI is InChI=1S/C21H23N5/c22-20-7-10-21(11-8-20,12-9-20)26-19-16-3-1-2-4-17(16)24-18(25-19)15-5-13-23-14-6-15/h1-6,13-14H,7-12,22H2,(H,24,25,26). The number of fused-ring (bicyclic) bond motifs is 4. The van der Waals surface area contributed by atoms with Gasteiger partial charge in [-0.3, -0.25) is 4.98 Å². The van der Waals surface area contributed by atoms with Gasteiger partial charge in [0, 0.05) is 34.4 Å². The lowest BCUT2D eigenvalue weighted by atomic mass is 9.62. The van der Waals surface area contributed by atoms with Gasteiger partial charge in [-0.15, -0.1) is 0 Å². The summed E-state index contributed by atoms with van der Waals surface area (Å²) in [7, 11) is 0. The molecule has 0 spiro atoms. The van der Waals surface area contributed by atoms with Gasteiger partial charge in [-0.1, -0.05) is 12.1 Å². The van der Waals surface area contributed by atoms with Crippen LogP contribution in [-0.4, -0.2) is 26.0 Å². The first-order chi connectivity index (χ1) is 12.6. The summed E-state index contributed by atoms with van der Waals surface area (Å²) in [5, 5.41) is 4.91. The van der Waals surface area contributed by atoms with Crippen LogP contribution in [0, 0.1) is 0 Å². The molecule has 1 aromatic carbocycles. The Hall–Kier alpha value is -2.53. The molecule has 3 saturated carbocycles. The van der Waals surface area contributed by atoms with Crippen molar-refractivity contribution in [2.24, 2.45) is 5.73 Å². The predicted octanol–water partition coefficient (Wildman–Crippen LogP) is 3.91. The molecule has 3 fully saturated rings. The fourth-order valence-electron chi connectivity index (χ4n) is 4.46. The molecular weight excluding hydrogens is 322 g/mol. The number of nitrogens with zero attached hydrogens (tertiary/aromatic N) is 3. The molecule has 0 atom stereocenters. The third kappa shape index (κ3) is 2.63. The van der Waals surface area contributed by atoms with Crippen molar-refractivity contribution < 1.29 is 0 Å². The number of anilines is 1. The number of benzene rings is 1. The van der Waals surface area contributed by atoms with Gasteiger partial charge in [0.1, 0.15) is 5.82 Å². The highest BCUT2D eigenvalue weighted by molar-refractivity contribution is 5.90. The second-order valence-electron chi connectivity index (χ2n) is 7.92. The van der Waals surface area contributed by atoms with Crippen LogP contribution in [0.15, 0.2) is 48.8 Å². The molecular formula is C21H23N5. The molecule has 2 heterocycles. The third-order valence-corrected chi connectivity index (χ3v) is 6.23. The second kappa shape index (κ2) is 5.74. The molecule has 3 N–H and O–H groups in total. The Labute approximate surface area is 153 Å². The minimum absolute atomic E-state index is 0.0688. The number of nitrogens with one attached hydrogen (secondary N) is 1. The first-order valence-corrected chi connectivity index (χ1v) is 9.39. The molecule has 0 amide bonds. The van der Waals surface area contributed by atoms with E-state index in [0.717, 1.165) is 66.6 Å². The summed E-state index contributed by atoms with van der Waals surface area (Å²) in [4.78, 5) is 13.8. The number of rotatable bonds is 3. The largest absolute Gasteiger partial charge is 0.364 e. The fourth-order valence-corrected chi connectivity index (χ4v) is 4.46. The van der Waals surface area contributed by atoms with Gasteiger partial charge in [0.25, 0.3) is 0 Å². The summed E-state index contributed by atoms with van der Waals surface area (Å²) in [6.45, 7) is 0. The van der Waals surface area contributed by atoms with Crippen molar-refractivity contribution in [2.45, 2.75) is 49.6 Å². The molecule has 0 radical (unpaired) electrons. The third-order valence-electron chi connectivity index (χ3n) is 6.23. The number of hydrogen-bond donors (Lipinski definition) is 2. The van der Waals surface area contributed by atoms with Crippen LogP contribution in [0.3, 0.4) is 0 Å². The Kier molecular flexibility index (Phi) is 3.47. The summed E-state index contributed by atoms with van der Waals surface area (Å²) in [5.41, 5.74) is 8.62. The molecule has 3 aliphatic carbocycles. The topological polar surface area (TPSA) is 76.7 Å². The van der Waals surface area contributed by atoms with Crippen LogP contribution in [0.1, 0.15) is 38.5 Å². The van der Waals surface area contributed by atoms with E-state index in [0.29, 0.717) is 0 Å². The highest BCUT2D eigenvalue weighted by Gasteiger charge is 2.46. The minimum Gasteiger partial charge on any atom is -0.364 e. The zero-order valence-electron chi connectivity index (χ0n) is 14.8. The zero-order chi connectivity index (χ0) is 17.6. The van der Waals surface area contributed by atoms with Crippen molar-refractivity contribution in [1.29, 1.82) is 0 Å². The average molecular weight is 345 g/mol. The normalized spacial score (nSPS) is 27.6. The smallest absolute Gasteiger partial charge is 0.162 e. The van der Waals surface area contributed by atoms with Crippen molar-refractivity contribution in [3.8, 4) is 11.4 Å². The van der Waals surface area contributed by atoms with Crippen LogP contribution in [-0.2, 0) is 0 Å². The van der Waals surface area contributed by atoms with E-state index < -0.39 is 0 Å². The Morgan fingerprint density at radius 3 is 2.27 bits per heavy atom. The van der Waals surface area contributed by atoms with Crippen molar-refractivity contribution in [2.75, 3.05) is 5.32 Å². The monoisotopic (exact) mass is 345 g/mol. The van der Waals surface area contributed by atoms with E-state index in [-0.39, 0.29) is 11.1 Å². The minimum atomic E-state index is 0.0688. The summed E-state index contributed by atoms with van der Waals surface area (Å²) in [6.07, 6.45) is 10.2. The lowest BCUT2D eigenvalue weighted by Gasteiger charge is -2.52. The van der Waals surface area contributed by atoms with E-state index in [4.69, 9.17) is 15.7 Å². The SMILES string of the molecule is NC12CCC(Nc3nc(-c4ccncc4)nc4ccccc34)(CC1)CC2. The number of aromatic nitrogens is 3. The quantitative estimate of drug-likeness (QED) is 0.753. The fraction of sp³-hybridized carbons (Fsp3) is 0.381. The molecule has 3 aromatic rings. The number of nitrogens with two attached hydrogens (primary N) is 1. The van der Waals surface area contributed by atoms with Crippen LogP contribution in [0.4, 0.5) is 5.82 Å². The van der Waals surface area contributed by atoms with E-state index in [1.54, 1.807) is 12.4 Å².